The quantitative estimate of drug-likeness (QED) is 0.727. The van der Waals surface area contributed by atoms with Crippen LogP contribution in [-0.4, -0.2) is 9.54 Å². The lowest BCUT2D eigenvalue weighted by Crippen LogP contribution is -1.87. The number of benzene rings is 1. The first-order chi connectivity index (χ1) is 6.18. The molecule has 0 saturated heterocycles. The van der Waals surface area contributed by atoms with Gasteiger partial charge >= 0.3 is 0 Å². The van der Waals surface area contributed by atoms with Crippen LogP contribution in [0.1, 0.15) is 5.56 Å². The number of fused-ring (bicyclic) bond motifs is 1. The van der Waals surface area contributed by atoms with Gasteiger partial charge < -0.3 is 9.54 Å². The molecule has 1 aromatic carbocycles. The average molecular weight is 214 g/mol. The minimum Gasteiger partial charge on any atom is -0.594 e. The smallest absolute Gasteiger partial charge is 0.198 e. The maximum Gasteiger partial charge on any atom is 0.198 e. The molecule has 68 valence electrons. The molecule has 1 atom stereocenters. The number of aryl methyl sites for hydroxylation is 1. The Bertz CT molecular complexity index is 438. The van der Waals surface area contributed by atoms with Gasteiger partial charge in [-0.2, -0.15) is 0 Å². The van der Waals surface area contributed by atoms with E-state index in [2.05, 4.69) is 4.98 Å². The van der Waals surface area contributed by atoms with Crippen LogP contribution >= 0.6 is 10.7 Å². The topological polar surface area (TPSA) is 38.8 Å². The molecular weight excluding hydrogens is 206 g/mol. The molecule has 0 aliphatic heterocycles. The van der Waals surface area contributed by atoms with E-state index in [1.54, 1.807) is 6.20 Å². The molecule has 0 saturated carbocycles. The van der Waals surface area contributed by atoms with Gasteiger partial charge in [-0.3, -0.25) is 0 Å². The Morgan fingerprint density at radius 1 is 1.46 bits per heavy atom. The number of H-pyrrole nitrogens is 1. The van der Waals surface area contributed by atoms with Gasteiger partial charge in [0.05, 0.1) is 17.1 Å². The number of rotatable bonds is 1. The van der Waals surface area contributed by atoms with Gasteiger partial charge in [0.25, 0.3) is 0 Å². The molecule has 0 amide bonds. The van der Waals surface area contributed by atoms with Gasteiger partial charge in [-0.15, -0.1) is 0 Å². The molecular formula is C9H8ClNOS. The minimum atomic E-state index is -1.44. The summed E-state index contributed by atoms with van der Waals surface area (Å²) < 4.78 is 11.1. The van der Waals surface area contributed by atoms with Crippen LogP contribution in [0.2, 0.25) is 0 Å². The SMILES string of the molecule is Cc1ccc2c([S+]([O-])Cl)c[nH]c2c1. The van der Waals surface area contributed by atoms with Crippen LogP contribution in [-0.2, 0) is 10.4 Å². The van der Waals surface area contributed by atoms with Gasteiger partial charge in [-0.05, 0) is 24.6 Å². The van der Waals surface area contributed by atoms with Gasteiger partial charge in [0.2, 0.25) is 0 Å². The second kappa shape index (κ2) is 3.25. The predicted molar refractivity (Wildman–Crippen MR) is 55.3 cm³/mol. The number of hydrogen-bond acceptors (Lipinski definition) is 1. The zero-order valence-electron chi connectivity index (χ0n) is 7.00. The summed E-state index contributed by atoms with van der Waals surface area (Å²) in [5.74, 6) is 0. The lowest BCUT2D eigenvalue weighted by Gasteiger charge is -1.96. The molecule has 1 aromatic heterocycles. The average Bonchev–Trinajstić information content (AvgIpc) is 2.46. The van der Waals surface area contributed by atoms with E-state index in [1.807, 2.05) is 25.1 Å². The van der Waals surface area contributed by atoms with Crippen LogP contribution < -0.4 is 0 Å². The largest absolute Gasteiger partial charge is 0.594 e. The Kier molecular flexibility index (Phi) is 2.24. The van der Waals surface area contributed by atoms with Crippen molar-refractivity contribution in [1.29, 1.82) is 0 Å². The summed E-state index contributed by atoms with van der Waals surface area (Å²) in [5, 5.41) is 0.930. The van der Waals surface area contributed by atoms with Crippen LogP contribution in [0.3, 0.4) is 0 Å². The van der Waals surface area contributed by atoms with E-state index in [4.69, 9.17) is 10.7 Å². The molecule has 2 aromatic rings. The van der Waals surface area contributed by atoms with E-state index in [0.29, 0.717) is 4.90 Å². The Hall–Kier alpha value is -0.640. The monoisotopic (exact) mass is 213 g/mol. The molecule has 1 heterocycles. The highest BCUT2D eigenvalue weighted by Gasteiger charge is 2.14. The molecule has 13 heavy (non-hydrogen) atoms. The third-order valence-electron chi connectivity index (χ3n) is 1.97. The van der Waals surface area contributed by atoms with Crippen LogP contribution in [0.5, 0.6) is 0 Å². The van der Waals surface area contributed by atoms with E-state index in [0.717, 1.165) is 10.9 Å². The summed E-state index contributed by atoms with van der Waals surface area (Å²) in [6.07, 6.45) is 1.69. The Balaban J connectivity index is 2.69. The van der Waals surface area contributed by atoms with Crippen LogP contribution in [0, 0.1) is 6.92 Å². The molecule has 2 rings (SSSR count). The first kappa shape index (κ1) is 8.94. The van der Waals surface area contributed by atoms with Crippen molar-refractivity contribution in [2.24, 2.45) is 0 Å². The molecule has 2 nitrogen and oxygen atoms in total. The molecule has 0 spiro atoms. The molecule has 0 radical (unpaired) electrons. The van der Waals surface area contributed by atoms with Gasteiger partial charge in [-0.1, -0.05) is 6.07 Å². The van der Waals surface area contributed by atoms with E-state index in [1.165, 1.54) is 5.56 Å². The first-order valence-corrected chi connectivity index (χ1v) is 5.82. The number of nitrogens with one attached hydrogen (secondary N) is 1. The summed E-state index contributed by atoms with van der Waals surface area (Å²) in [6, 6.07) is 5.91. The summed E-state index contributed by atoms with van der Waals surface area (Å²) >= 11 is 0. The number of aromatic nitrogens is 1. The molecule has 1 unspecified atom stereocenters. The van der Waals surface area contributed by atoms with Crippen molar-refractivity contribution in [3.63, 3.8) is 0 Å². The lowest BCUT2D eigenvalue weighted by molar-refractivity contribution is 0.609. The third-order valence-corrected chi connectivity index (χ3v) is 3.15. The standard InChI is InChI=1S/C9H8ClNOS/c1-6-2-3-7-8(4-6)11-5-9(7)13(10)12/h2-5,11H,1H3. The van der Waals surface area contributed by atoms with Crippen LogP contribution in [0.25, 0.3) is 10.9 Å². The molecule has 1 N–H and O–H groups in total. The van der Waals surface area contributed by atoms with E-state index in [-0.39, 0.29) is 0 Å². The van der Waals surface area contributed by atoms with Crippen molar-refractivity contribution in [2.45, 2.75) is 11.8 Å². The fraction of sp³-hybridized carbons (Fsp3) is 0.111. The molecule has 0 aliphatic rings. The zero-order chi connectivity index (χ0) is 9.42. The maximum absolute atomic E-state index is 11.1. The van der Waals surface area contributed by atoms with Gasteiger partial charge in [0.1, 0.15) is 10.4 Å². The third kappa shape index (κ3) is 1.55. The zero-order valence-corrected chi connectivity index (χ0v) is 8.58. The van der Waals surface area contributed by atoms with Crippen molar-refractivity contribution >= 4 is 32.0 Å². The van der Waals surface area contributed by atoms with Crippen molar-refractivity contribution in [3.05, 3.63) is 30.0 Å². The summed E-state index contributed by atoms with van der Waals surface area (Å²) in [5.41, 5.74) is 2.14. The van der Waals surface area contributed by atoms with Gasteiger partial charge in [0.15, 0.2) is 15.6 Å². The highest BCUT2D eigenvalue weighted by molar-refractivity contribution is 8.14. The molecule has 4 heteroatoms. The molecule has 0 bridgehead atoms. The Morgan fingerprint density at radius 3 is 2.92 bits per heavy atom. The first-order valence-electron chi connectivity index (χ1n) is 3.84. The Morgan fingerprint density at radius 2 is 2.23 bits per heavy atom. The number of halogens is 1. The number of aromatic amines is 1. The summed E-state index contributed by atoms with van der Waals surface area (Å²) in [7, 11) is 4.08. The number of hydrogen-bond donors (Lipinski definition) is 1. The molecule has 0 fully saturated rings. The maximum atomic E-state index is 11.1. The normalized spacial score (nSPS) is 13.5. The van der Waals surface area contributed by atoms with E-state index < -0.39 is 10.4 Å². The van der Waals surface area contributed by atoms with Crippen molar-refractivity contribution in [2.75, 3.05) is 0 Å². The summed E-state index contributed by atoms with van der Waals surface area (Å²) in [4.78, 5) is 3.68. The van der Waals surface area contributed by atoms with Crippen molar-refractivity contribution in [1.82, 2.24) is 4.98 Å². The fourth-order valence-corrected chi connectivity index (χ4v) is 2.23. The fourth-order valence-electron chi connectivity index (χ4n) is 1.35. The van der Waals surface area contributed by atoms with Crippen LogP contribution in [0.4, 0.5) is 0 Å². The van der Waals surface area contributed by atoms with E-state index in [9.17, 15) is 4.55 Å². The van der Waals surface area contributed by atoms with Gasteiger partial charge in [-0.25, -0.2) is 0 Å². The van der Waals surface area contributed by atoms with Crippen molar-refractivity contribution in [3.8, 4) is 0 Å². The highest BCUT2D eigenvalue weighted by atomic mass is 35.7. The van der Waals surface area contributed by atoms with E-state index >= 15 is 0 Å². The second-order valence-electron chi connectivity index (χ2n) is 2.93. The second-order valence-corrected chi connectivity index (χ2v) is 4.65. The predicted octanol–water partition coefficient (Wildman–Crippen LogP) is 2.74. The lowest BCUT2D eigenvalue weighted by atomic mass is 10.2. The minimum absolute atomic E-state index is 0.650. The van der Waals surface area contributed by atoms with Gasteiger partial charge in [0, 0.05) is 0 Å². The van der Waals surface area contributed by atoms with Crippen molar-refractivity contribution < 1.29 is 4.55 Å². The highest BCUT2D eigenvalue weighted by Crippen LogP contribution is 2.25. The summed E-state index contributed by atoms with van der Waals surface area (Å²) in [6.45, 7) is 2.01. The Labute approximate surface area is 83.6 Å². The van der Waals surface area contributed by atoms with Crippen LogP contribution in [0.15, 0.2) is 29.3 Å². The molecule has 0 aliphatic carbocycles.